The molecule has 0 radical (unpaired) electrons. The van der Waals surface area contributed by atoms with Crippen LogP contribution in [-0.2, 0) is 0 Å². The number of hydrogen-bond acceptors (Lipinski definition) is 3. The summed E-state index contributed by atoms with van der Waals surface area (Å²) < 4.78 is 18.2. The van der Waals surface area contributed by atoms with Gasteiger partial charge in [-0.2, -0.15) is 0 Å². The maximum atomic E-state index is 13.2. The van der Waals surface area contributed by atoms with Crippen LogP contribution in [0.4, 0.5) is 4.39 Å². The summed E-state index contributed by atoms with van der Waals surface area (Å²) in [5.41, 5.74) is 0.307. The highest BCUT2D eigenvalue weighted by Gasteiger charge is 2.20. The van der Waals surface area contributed by atoms with Crippen LogP contribution in [0.2, 0.25) is 0 Å². The van der Waals surface area contributed by atoms with Crippen LogP contribution in [0.25, 0.3) is 0 Å². The van der Waals surface area contributed by atoms with Gasteiger partial charge in [0.15, 0.2) is 5.78 Å². The summed E-state index contributed by atoms with van der Waals surface area (Å²) >= 11 is 0. The van der Waals surface area contributed by atoms with Gasteiger partial charge in [-0.1, -0.05) is 6.92 Å². The number of benzene rings is 1. The van der Waals surface area contributed by atoms with Gasteiger partial charge in [-0.25, -0.2) is 4.39 Å². The first-order chi connectivity index (χ1) is 7.95. The topological polar surface area (TPSA) is 29.5 Å². The molecule has 0 amide bonds. The minimum atomic E-state index is -0.425. The lowest BCUT2D eigenvalue weighted by Gasteiger charge is -2.17. The quantitative estimate of drug-likeness (QED) is 0.738. The lowest BCUT2D eigenvalue weighted by molar-refractivity contribution is 0.0906. The average molecular weight is 239 g/mol. The van der Waals surface area contributed by atoms with Crippen LogP contribution in [0.15, 0.2) is 18.2 Å². The van der Waals surface area contributed by atoms with Crippen LogP contribution in [0.3, 0.4) is 0 Å². The zero-order chi connectivity index (χ0) is 13.0. The fourth-order valence-corrected chi connectivity index (χ4v) is 1.77. The van der Waals surface area contributed by atoms with E-state index in [9.17, 15) is 9.18 Å². The van der Waals surface area contributed by atoms with E-state index in [1.807, 2.05) is 25.9 Å². The van der Waals surface area contributed by atoms with Gasteiger partial charge in [0.25, 0.3) is 0 Å². The smallest absolute Gasteiger partial charge is 0.170 e. The average Bonchev–Trinajstić information content (AvgIpc) is 2.27. The lowest BCUT2D eigenvalue weighted by Crippen LogP contribution is -2.26. The maximum absolute atomic E-state index is 13.2. The number of rotatable bonds is 5. The molecule has 0 aliphatic rings. The molecule has 0 bridgehead atoms. The number of halogens is 1. The van der Waals surface area contributed by atoms with E-state index in [-0.39, 0.29) is 11.7 Å². The molecule has 0 saturated carbocycles. The van der Waals surface area contributed by atoms with E-state index in [1.54, 1.807) is 0 Å². The SMILES string of the molecule is COc1ccc(F)cc1C(=O)C(C)CN(C)C. The predicted molar refractivity (Wildman–Crippen MR) is 65.0 cm³/mol. The Balaban J connectivity index is 2.98. The van der Waals surface area contributed by atoms with Crippen LogP contribution in [0, 0.1) is 11.7 Å². The second-order valence-electron chi connectivity index (χ2n) is 4.37. The van der Waals surface area contributed by atoms with E-state index in [0.29, 0.717) is 17.9 Å². The highest BCUT2D eigenvalue weighted by molar-refractivity contribution is 6.00. The van der Waals surface area contributed by atoms with Crippen molar-refractivity contribution in [1.29, 1.82) is 0 Å². The van der Waals surface area contributed by atoms with E-state index >= 15 is 0 Å². The number of carbonyl (C=O) groups is 1. The van der Waals surface area contributed by atoms with Gasteiger partial charge < -0.3 is 9.64 Å². The minimum Gasteiger partial charge on any atom is -0.496 e. The molecule has 0 aromatic heterocycles. The van der Waals surface area contributed by atoms with Crippen molar-refractivity contribution in [3.8, 4) is 5.75 Å². The number of hydrogen-bond donors (Lipinski definition) is 0. The van der Waals surface area contributed by atoms with Gasteiger partial charge in [0.2, 0.25) is 0 Å². The van der Waals surface area contributed by atoms with Crippen LogP contribution < -0.4 is 4.74 Å². The third-order valence-electron chi connectivity index (χ3n) is 2.51. The molecule has 1 aromatic rings. The van der Waals surface area contributed by atoms with Crippen molar-refractivity contribution >= 4 is 5.78 Å². The summed E-state index contributed by atoms with van der Waals surface area (Å²) in [6.07, 6.45) is 0. The zero-order valence-electron chi connectivity index (χ0n) is 10.7. The van der Waals surface area contributed by atoms with E-state index in [4.69, 9.17) is 4.74 Å². The summed E-state index contributed by atoms with van der Waals surface area (Å²) in [6, 6.07) is 3.99. The highest BCUT2D eigenvalue weighted by atomic mass is 19.1. The normalized spacial score (nSPS) is 12.6. The molecule has 1 unspecified atom stereocenters. The molecule has 1 atom stereocenters. The number of ether oxygens (including phenoxy) is 1. The van der Waals surface area contributed by atoms with E-state index < -0.39 is 5.82 Å². The molecular formula is C13H18FNO2. The Morgan fingerprint density at radius 1 is 1.47 bits per heavy atom. The fraction of sp³-hybridized carbons (Fsp3) is 0.462. The van der Waals surface area contributed by atoms with Crippen molar-refractivity contribution in [3.05, 3.63) is 29.6 Å². The molecule has 94 valence electrons. The third kappa shape index (κ3) is 3.53. The van der Waals surface area contributed by atoms with Gasteiger partial charge in [-0.3, -0.25) is 4.79 Å². The first kappa shape index (κ1) is 13.6. The van der Waals surface area contributed by atoms with E-state index in [0.717, 1.165) is 0 Å². The van der Waals surface area contributed by atoms with Crippen molar-refractivity contribution in [2.75, 3.05) is 27.7 Å². The summed E-state index contributed by atoms with van der Waals surface area (Å²) in [6.45, 7) is 2.45. The molecule has 0 aliphatic carbocycles. The summed E-state index contributed by atoms with van der Waals surface area (Å²) in [7, 11) is 5.26. The molecule has 0 spiro atoms. The van der Waals surface area contributed by atoms with Gasteiger partial charge in [0.1, 0.15) is 11.6 Å². The molecule has 1 aromatic carbocycles. The maximum Gasteiger partial charge on any atom is 0.170 e. The first-order valence-corrected chi connectivity index (χ1v) is 5.48. The van der Waals surface area contributed by atoms with Crippen molar-refractivity contribution < 1.29 is 13.9 Å². The van der Waals surface area contributed by atoms with Crippen LogP contribution in [0.5, 0.6) is 5.75 Å². The molecule has 17 heavy (non-hydrogen) atoms. The first-order valence-electron chi connectivity index (χ1n) is 5.48. The van der Waals surface area contributed by atoms with Gasteiger partial charge in [-0.15, -0.1) is 0 Å². The number of ketones is 1. The molecule has 1 rings (SSSR count). The predicted octanol–water partition coefficient (Wildman–Crippen LogP) is 2.21. The number of methoxy groups -OCH3 is 1. The fourth-order valence-electron chi connectivity index (χ4n) is 1.77. The molecule has 0 N–H and O–H groups in total. The zero-order valence-corrected chi connectivity index (χ0v) is 10.7. The summed E-state index contributed by atoms with van der Waals surface area (Å²) in [4.78, 5) is 14.1. The van der Waals surface area contributed by atoms with Gasteiger partial charge in [0.05, 0.1) is 12.7 Å². The van der Waals surface area contributed by atoms with E-state index in [1.165, 1.54) is 25.3 Å². The van der Waals surface area contributed by atoms with E-state index in [2.05, 4.69) is 0 Å². The Kier molecular flexibility index (Phi) is 4.63. The summed E-state index contributed by atoms with van der Waals surface area (Å²) in [5.74, 6) is -0.302. The molecule has 0 heterocycles. The number of nitrogens with zero attached hydrogens (tertiary/aromatic N) is 1. The molecule has 3 nitrogen and oxygen atoms in total. The second-order valence-corrected chi connectivity index (χ2v) is 4.37. The standard InChI is InChI=1S/C13H18FNO2/c1-9(8-15(2)3)13(16)11-7-10(14)5-6-12(11)17-4/h5-7,9H,8H2,1-4H3. The van der Waals surface area contributed by atoms with Crippen LogP contribution in [0.1, 0.15) is 17.3 Å². The lowest BCUT2D eigenvalue weighted by atomic mass is 9.98. The molecule has 0 aliphatic heterocycles. The molecule has 0 fully saturated rings. The molecule has 0 saturated heterocycles. The molecule has 4 heteroatoms. The van der Waals surface area contributed by atoms with Gasteiger partial charge >= 0.3 is 0 Å². The van der Waals surface area contributed by atoms with Crippen molar-refractivity contribution in [2.45, 2.75) is 6.92 Å². The highest BCUT2D eigenvalue weighted by Crippen LogP contribution is 2.22. The van der Waals surface area contributed by atoms with Crippen LogP contribution in [-0.4, -0.2) is 38.4 Å². The Bertz CT molecular complexity index is 404. The largest absolute Gasteiger partial charge is 0.496 e. The van der Waals surface area contributed by atoms with Crippen molar-refractivity contribution in [1.82, 2.24) is 4.90 Å². The summed E-state index contributed by atoms with van der Waals surface area (Å²) in [5, 5.41) is 0. The Morgan fingerprint density at radius 2 is 2.12 bits per heavy atom. The Morgan fingerprint density at radius 3 is 2.65 bits per heavy atom. The Hall–Kier alpha value is -1.42. The van der Waals surface area contributed by atoms with Crippen molar-refractivity contribution in [3.63, 3.8) is 0 Å². The monoisotopic (exact) mass is 239 g/mol. The minimum absolute atomic E-state index is 0.102. The molecular weight excluding hydrogens is 221 g/mol. The van der Waals surface area contributed by atoms with Crippen LogP contribution >= 0.6 is 0 Å². The second kappa shape index (κ2) is 5.77. The van der Waals surface area contributed by atoms with Gasteiger partial charge in [0, 0.05) is 12.5 Å². The third-order valence-corrected chi connectivity index (χ3v) is 2.51. The number of carbonyl (C=O) groups excluding carboxylic acids is 1. The number of Topliss-reactive ketones (excluding diaryl/α,β-unsaturated/α-hetero) is 1. The van der Waals surface area contributed by atoms with Gasteiger partial charge in [-0.05, 0) is 32.3 Å². The van der Waals surface area contributed by atoms with Crippen molar-refractivity contribution in [2.24, 2.45) is 5.92 Å². The Labute approximate surface area is 101 Å².